The summed E-state index contributed by atoms with van der Waals surface area (Å²) in [5.74, 6) is 0. The molecule has 1 aromatic rings. The van der Waals surface area contributed by atoms with E-state index in [-0.39, 0.29) is 29.7 Å². The van der Waals surface area contributed by atoms with E-state index in [2.05, 4.69) is 30.9 Å². The molecule has 1 aliphatic heterocycles. The molecule has 0 aliphatic carbocycles. The molecule has 2 rings (SSSR count). The number of nitrogens with zero attached hydrogens (tertiary/aromatic N) is 2. The molecule has 1 aromatic carbocycles. The minimum atomic E-state index is -3.58. The summed E-state index contributed by atoms with van der Waals surface area (Å²) in [6.45, 7) is 5.25. The molecule has 24 heavy (non-hydrogen) atoms. The molecule has 2 N–H and O–H groups in total. The first-order chi connectivity index (χ1) is 10.5. The van der Waals surface area contributed by atoms with Crippen molar-refractivity contribution in [1.82, 2.24) is 14.9 Å². The van der Waals surface area contributed by atoms with Gasteiger partial charge in [0.05, 0.1) is 16.5 Å². The molecule has 0 aromatic heterocycles. The van der Waals surface area contributed by atoms with Crippen molar-refractivity contribution in [2.45, 2.75) is 11.3 Å². The third kappa shape index (κ3) is 7.23. The average molecular weight is 460 g/mol. The van der Waals surface area contributed by atoms with E-state index < -0.39 is 10.0 Å². The minimum absolute atomic E-state index is 0. The van der Waals surface area contributed by atoms with Crippen LogP contribution in [0.5, 0.6) is 0 Å². The average Bonchev–Trinajstić information content (AvgIpc) is 2.52. The molecule has 0 spiro atoms. The van der Waals surface area contributed by atoms with Crippen LogP contribution in [0.2, 0.25) is 0 Å². The van der Waals surface area contributed by atoms with Crippen LogP contribution < -0.4 is 10.0 Å². The molecule has 0 saturated carbocycles. The van der Waals surface area contributed by atoms with Crippen LogP contribution in [0.3, 0.4) is 0 Å². The molecule has 0 atom stereocenters. The SMILES string of the molecule is Cl.Cl.N#Cc1cc(Br)cc(S(=O)(=O)NCCCN2CCNCC2)c1. The second-order valence-electron chi connectivity index (χ2n) is 5.13. The first kappa shape index (κ1) is 23.6. The van der Waals surface area contributed by atoms with E-state index in [0.29, 0.717) is 16.6 Å². The first-order valence-corrected chi connectivity index (χ1v) is 9.42. The van der Waals surface area contributed by atoms with Crippen molar-refractivity contribution < 1.29 is 8.42 Å². The molecule has 1 saturated heterocycles. The molecule has 1 heterocycles. The molecule has 0 amide bonds. The molecular weight excluding hydrogens is 439 g/mol. The lowest BCUT2D eigenvalue weighted by Gasteiger charge is -2.27. The zero-order valence-corrected chi connectivity index (χ0v) is 17.0. The Bertz CT molecular complexity index is 661. The van der Waals surface area contributed by atoms with E-state index in [1.165, 1.54) is 12.1 Å². The van der Waals surface area contributed by atoms with Crippen LogP contribution in [-0.2, 0) is 10.0 Å². The summed E-state index contributed by atoms with van der Waals surface area (Å²) in [5, 5.41) is 12.2. The summed E-state index contributed by atoms with van der Waals surface area (Å²) in [5.41, 5.74) is 0.315. The van der Waals surface area contributed by atoms with E-state index in [9.17, 15) is 8.42 Å². The lowest BCUT2D eigenvalue weighted by Crippen LogP contribution is -2.44. The van der Waals surface area contributed by atoms with Gasteiger partial charge in [-0.25, -0.2) is 13.1 Å². The van der Waals surface area contributed by atoms with Crippen molar-refractivity contribution >= 4 is 50.8 Å². The number of piperazine rings is 1. The standard InChI is InChI=1S/C14H19BrN4O2S.2ClH/c15-13-8-12(11-16)9-14(10-13)22(20,21)18-2-1-5-19-6-3-17-4-7-19;;/h8-10,17-18H,1-7H2;2*1H. The van der Waals surface area contributed by atoms with Gasteiger partial charge in [-0.3, -0.25) is 0 Å². The highest BCUT2D eigenvalue weighted by Gasteiger charge is 2.15. The highest BCUT2D eigenvalue weighted by Crippen LogP contribution is 2.19. The summed E-state index contributed by atoms with van der Waals surface area (Å²) in [6.07, 6.45) is 0.762. The van der Waals surface area contributed by atoms with Gasteiger partial charge in [0.1, 0.15) is 0 Å². The number of nitrogens with one attached hydrogen (secondary N) is 2. The monoisotopic (exact) mass is 458 g/mol. The minimum Gasteiger partial charge on any atom is -0.314 e. The fourth-order valence-corrected chi connectivity index (χ4v) is 4.10. The predicted octanol–water partition coefficient (Wildman–Crippen LogP) is 1.74. The summed E-state index contributed by atoms with van der Waals surface area (Å²) >= 11 is 3.22. The second-order valence-corrected chi connectivity index (χ2v) is 7.81. The van der Waals surface area contributed by atoms with Gasteiger partial charge >= 0.3 is 0 Å². The van der Waals surface area contributed by atoms with E-state index in [1.54, 1.807) is 6.07 Å². The number of benzene rings is 1. The zero-order valence-electron chi connectivity index (χ0n) is 13.0. The third-order valence-electron chi connectivity index (χ3n) is 3.46. The maximum Gasteiger partial charge on any atom is 0.240 e. The number of hydrogen-bond acceptors (Lipinski definition) is 5. The molecule has 1 fully saturated rings. The molecule has 0 bridgehead atoms. The van der Waals surface area contributed by atoms with Crippen molar-refractivity contribution in [1.29, 1.82) is 5.26 Å². The van der Waals surface area contributed by atoms with E-state index in [1.807, 2.05) is 6.07 Å². The van der Waals surface area contributed by atoms with Crippen LogP contribution in [0.15, 0.2) is 27.6 Å². The normalized spacial score (nSPS) is 15.0. The van der Waals surface area contributed by atoms with Gasteiger partial charge in [0.15, 0.2) is 0 Å². The summed E-state index contributed by atoms with van der Waals surface area (Å²) < 4.78 is 27.6. The van der Waals surface area contributed by atoms with Gasteiger partial charge in [0.25, 0.3) is 0 Å². The Labute approximate surface area is 164 Å². The van der Waals surface area contributed by atoms with E-state index >= 15 is 0 Å². The van der Waals surface area contributed by atoms with E-state index in [0.717, 1.165) is 39.1 Å². The number of sulfonamides is 1. The number of hydrogen-bond donors (Lipinski definition) is 2. The lowest BCUT2D eigenvalue weighted by molar-refractivity contribution is 0.239. The fraction of sp³-hybridized carbons (Fsp3) is 0.500. The molecule has 10 heteroatoms. The fourth-order valence-electron chi connectivity index (χ4n) is 2.31. The largest absolute Gasteiger partial charge is 0.314 e. The molecule has 1 aliphatic rings. The number of nitriles is 1. The highest BCUT2D eigenvalue weighted by atomic mass is 79.9. The smallest absolute Gasteiger partial charge is 0.240 e. The van der Waals surface area contributed by atoms with Crippen LogP contribution >= 0.6 is 40.7 Å². The van der Waals surface area contributed by atoms with Crippen molar-refractivity contribution in [2.24, 2.45) is 0 Å². The first-order valence-electron chi connectivity index (χ1n) is 7.15. The van der Waals surface area contributed by atoms with E-state index in [4.69, 9.17) is 5.26 Å². The Morgan fingerprint density at radius 2 is 1.92 bits per heavy atom. The second kappa shape index (κ2) is 11.3. The highest BCUT2D eigenvalue weighted by molar-refractivity contribution is 9.10. The molecule has 6 nitrogen and oxygen atoms in total. The summed E-state index contributed by atoms with van der Waals surface area (Å²) in [7, 11) is -3.58. The topological polar surface area (TPSA) is 85.2 Å². The molecule has 0 unspecified atom stereocenters. The maximum absolute atomic E-state index is 12.2. The third-order valence-corrected chi connectivity index (χ3v) is 5.36. The Hall–Kier alpha value is -0.400. The van der Waals surface area contributed by atoms with Gasteiger partial charge in [0.2, 0.25) is 10.0 Å². The van der Waals surface area contributed by atoms with Crippen molar-refractivity contribution in [3.63, 3.8) is 0 Å². The number of halogens is 3. The van der Waals surface area contributed by atoms with Crippen LogP contribution in [-0.4, -0.2) is 52.6 Å². The van der Waals surface area contributed by atoms with Gasteiger partial charge < -0.3 is 10.2 Å². The van der Waals surface area contributed by atoms with Crippen LogP contribution in [0.1, 0.15) is 12.0 Å². The Kier molecular flexibility index (Phi) is 11.1. The summed E-state index contributed by atoms with van der Waals surface area (Å²) in [6, 6.07) is 6.42. The van der Waals surface area contributed by atoms with Crippen molar-refractivity contribution in [3.8, 4) is 6.07 Å². The van der Waals surface area contributed by atoms with Gasteiger partial charge in [-0.2, -0.15) is 5.26 Å². The quantitative estimate of drug-likeness (QED) is 0.632. The molecular formula is C14H21BrCl2N4O2S. The Balaban J connectivity index is 0.00000264. The van der Waals surface area contributed by atoms with Gasteiger partial charge in [-0.15, -0.1) is 24.8 Å². The van der Waals surface area contributed by atoms with Gasteiger partial charge in [0, 0.05) is 37.2 Å². The maximum atomic E-state index is 12.2. The van der Waals surface area contributed by atoms with Crippen molar-refractivity contribution in [3.05, 3.63) is 28.2 Å². The molecule has 0 radical (unpaired) electrons. The Morgan fingerprint density at radius 1 is 1.25 bits per heavy atom. The van der Waals surface area contributed by atoms with Crippen LogP contribution in [0.25, 0.3) is 0 Å². The summed E-state index contributed by atoms with van der Waals surface area (Å²) in [4.78, 5) is 2.43. The zero-order chi connectivity index (χ0) is 16.0. The van der Waals surface area contributed by atoms with Crippen LogP contribution in [0, 0.1) is 11.3 Å². The lowest BCUT2D eigenvalue weighted by atomic mass is 10.2. The van der Waals surface area contributed by atoms with Crippen LogP contribution in [0.4, 0.5) is 0 Å². The number of rotatable bonds is 6. The van der Waals surface area contributed by atoms with Gasteiger partial charge in [-0.05, 0) is 31.2 Å². The van der Waals surface area contributed by atoms with Crippen molar-refractivity contribution in [2.75, 3.05) is 39.3 Å². The Morgan fingerprint density at radius 3 is 2.54 bits per heavy atom. The van der Waals surface area contributed by atoms with Gasteiger partial charge in [-0.1, -0.05) is 15.9 Å². The predicted molar refractivity (Wildman–Crippen MR) is 102 cm³/mol. The molecule has 136 valence electrons.